The Morgan fingerprint density at radius 1 is 1.13 bits per heavy atom. The first kappa shape index (κ1) is 20.1. The molecule has 0 aliphatic heterocycles. The lowest BCUT2D eigenvalue weighted by molar-refractivity contribution is -0.138. The maximum absolute atomic E-state index is 14.8. The molecular weight excluding hydrogens is 400 g/mol. The Hall–Kier alpha value is -3.17. The Morgan fingerprint density at radius 2 is 1.87 bits per heavy atom. The van der Waals surface area contributed by atoms with Crippen molar-refractivity contribution in [2.24, 2.45) is 0 Å². The van der Waals surface area contributed by atoms with E-state index in [0.29, 0.717) is 39.0 Å². The van der Waals surface area contributed by atoms with E-state index in [2.05, 4.69) is 25.3 Å². The molecule has 0 aliphatic carbocycles. The summed E-state index contributed by atoms with van der Waals surface area (Å²) in [5.41, 5.74) is 2.57. The van der Waals surface area contributed by atoms with Crippen LogP contribution in [0, 0.1) is 12.7 Å². The third-order valence-electron chi connectivity index (χ3n) is 5.02. The molecule has 0 spiro atoms. The molecule has 0 unspecified atom stereocenters. The summed E-state index contributed by atoms with van der Waals surface area (Å²) in [5, 5.41) is 2.82. The highest BCUT2D eigenvalue weighted by molar-refractivity contribution is 5.96. The lowest BCUT2D eigenvalue weighted by Crippen LogP contribution is -2.33. The van der Waals surface area contributed by atoms with Crippen molar-refractivity contribution in [3.8, 4) is 11.1 Å². The molecule has 1 aromatic carbocycles. The van der Waals surface area contributed by atoms with E-state index >= 15 is 0 Å². The molecule has 10 heteroatoms. The van der Waals surface area contributed by atoms with Gasteiger partial charge in [-0.15, -0.1) is 0 Å². The number of H-pyrrole nitrogens is 1. The summed E-state index contributed by atoms with van der Waals surface area (Å²) in [4.78, 5) is 15.4. The second kappa shape index (κ2) is 6.96. The molecule has 3 aromatic heterocycles. The fourth-order valence-corrected chi connectivity index (χ4v) is 3.57. The van der Waals surface area contributed by atoms with Crippen LogP contribution < -0.4 is 5.32 Å². The molecular formula is C20H20F4N6. The van der Waals surface area contributed by atoms with Gasteiger partial charge in [0.25, 0.3) is 0 Å². The molecule has 2 N–H and O–H groups in total. The first-order valence-electron chi connectivity index (χ1n) is 9.42. The maximum Gasteiger partial charge on any atom is 0.408 e. The van der Waals surface area contributed by atoms with E-state index in [4.69, 9.17) is 0 Å². The van der Waals surface area contributed by atoms with E-state index in [1.165, 1.54) is 12.3 Å². The molecule has 0 radical (unpaired) electrons. The zero-order valence-electron chi connectivity index (χ0n) is 16.8. The fourth-order valence-electron chi connectivity index (χ4n) is 3.57. The summed E-state index contributed by atoms with van der Waals surface area (Å²) >= 11 is 0. The number of imidazole rings is 1. The van der Waals surface area contributed by atoms with E-state index in [9.17, 15) is 17.6 Å². The van der Waals surface area contributed by atoms with Crippen molar-refractivity contribution < 1.29 is 17.6 Å². The van der Waals surface area contributed by atoms with Crippen LogP contribution >= 0.6 is 0 Å². The fraction of sp³-hybridized carbons (Fsp3) is 0.350. The Balaban J connectivity index is 1.78. The van der Waals surface area contributed by atoms with Crippen LogP contribution in [-0.4, -0.2) is 36.7 Å². The van der Waals surface area contributed by atoms with Gasteiger partial charge in [-0.25, -0.2) is 14.4 Å². The van der Waals surface area contributed by atoms with E-state index in [1.54, 1.807) is 6.20 Å². The van der Waals surface area contributed by atoms with Crippen molar-refractivity contribution in [3.05, 3.63) is 36.2 Å². The smallest absolute Gasteiger partial charge is 0.345 e. The second-order valence-corrected chi connectivity index (χ2v) is 7.51. The SMILES string of the molecule is Cc1nc2c(F)cc(-c3c[nH]c4nc(N[C@H](C)C(F)(F)F)ncc34)cc2n1C(C)C. The number of benzene rings is 1. The van der Waals surface area contributed by atoms with Crippen LogP contribution in [0.3, 0.4) is 0 Å². The summed E-state index contributed by atoms with van der Waals surface area (Å²) in [7, 11) is 0. The van der Waals surface area contributed by atoms with Crippen molar-refractivity contribution in [3.63, 3.8) is 0 Å². The van der Waals surface area contributed by atoms with Gasteiger partial charge in [-0.05, 0) is 45.4 Å². The number of aryl methyl sites for hydroxylation is 1. The average Bonchev–Trinajstić information content (AvgIpc) is 3.21. The van der Waals surface area contributed by atoms with Gasteiger partial charge in [0.15, 0.2) is 5.82 Å². The molecule has 158 valence electrons. The molecule has 0 aliphatic rings. The number of halogens is 4. The van der Waals surface area contributed by atoms with Crippen LogP contribution in [0.5, 0.6) is 0 Å². The highest BCUT2D eigenvalue weighted by atomic mass is 19.4. The van der Waals surface area contributed by atoms with Crippen LogP contribution in [0.4, 0.5) is 23.5 Å². The van der Waals surface area contributed by atoms with Crippen molar-refractivity contribution in [1.29, 1.82) is 0 Å². The minimum absolute atomic E-state index is 0.0974. The van der Waals surface area contributed by atoms with Gasteiger partial charge in [0.1, 0.15) is 23.0 Å². The first-order valence-corrected chi connectivity index (χ1v) is 9.42. The summed E-state index contributed by atoms with van der Waals surface area (Å²) in [6, 6.07) is 1.54. The maximum atomic E-state index is 14.8. The van der Waals surface area contributed by atoms with Gasteiger partial charge in [-0.2, -0.15) is 18.2 Å². The van der Waals surface area contributed by atoms with E-state index in [0.717, 1.165) is 6.92 Å². The Morgan fingerprint density at radius 3 is 2.53 bits per heavy atom. The molecule has 30 heavy (non-hydrogen) atoms. The molecule has 0 bridgehead atoms. The average molecular weight is 420 g/mol. The quantitative estimate of drug-likeness (QED) is 0.436. The number of hydrogen-bond acceptors (Lipinski definition) is 4. The number of fused-ring (bicyclic) bond motifs is 2. The number of aromatic nitrogens is 5. The second-order valence-electron chi connectivity index (χ2n) is 7.51. The van der Waals surface area contributed by atoms with Crippen molar-refractivity contribution in [2.75, 3.05) is 5.32 Å². The monoisotopic (exact) mass is 420 g/mol. The van der Waals surface area contributed by atoms with Crippen LogP contribution in [0.2, 0.25) is 0 Å². The minimum atomic E-state index is -4.41. The minimum Gasteiger partial charge on any atom is -0.345 e. The van der Waals surface area contributed by atoms with Crippen LogP contribution in [0.25, 0.3) is 33.2 Å². The number of alkyl halides is 3. The summed E-state index contributed by atoms with van der Waals surface area (Å²) in [6.45, 7) is 6.81. The zero-order chi connectivity index (χ0) is 21.8. The van der Waals surface area contributed by atoms with Gasteiger partial charge >= 0.3 is 6.18 Å². The molecule has 1 atom stereocenters. The van der Waals surface area contributed by atoms with Gasteiger partial charge in [-0.1, -0.05) is 0 Å². The van der Waals surface area contributed by atoms with E-state index in [-0.39, 0.29) is 12.0 Å². The van der Waals surface area contributed by atoms with Gasteiger partial charge < -0.3 is 14.9 Å². The lowest BCUT2D eigenvalue weighted by Gasteiger charge is -2.16. The number of rotatable bonds is 4. The number of aromatic amines is 1. The van der Waals surface area contributed by atoms with Gasteiger partial charge in [0.2, 0.25) is 5.95 Å². The Kier molecular flexibility index (Phi) is 4.67. The largest absolute Gasteiger partial charge is 0.408 e. The number of nitrogens with one attached hydrogen (secondary N) is 2. The standard InChI is InChI=1S/C20H20F4N6/c1-9(2)30-11(4)28-17-15(21)5-12(6-16(17)30)13-7-25-18-14(13)8-26-19(29-18)27-10(3)20(22,23)24/h5-10H,1-4H3,(H2,25,26,27,29)/t10-/m1/s1. The van der Waals surface area contributed by atoms with Crippen molar-refractivity contribution >= 4 is 28.0 Å². The highest BCUT2D eigenvalue weighted by Crippen LogP contribution is 2.33. The normalized spacial score (nSPS) is 13.5. The zero-order valence-corrected chi connectivity index (χ0v) is 16.8. The molecule has 3 heterocycles. The van der Waals surface area contributed by atoms with Gasteiger partial charge in [-0.3, -0.25) is 0 Å². The molecule has 4 rings (SSSR count). The molecule has 0 saturated heterocycles. The van der Waals surface area contributed by atoms with E-state index < -0.39 is 18.0 Å². The third-order valence-corrected chi connectivity index (χ3v) is 5.02. The molecule has 4 aromatic rings. The first-order chi connectivity index (χ1) is 14.1. The number of nitrogens with zero attached hydrogens (tertiary/aromatic N) is 4. The predicted octanol–water partition coefficient (Wildman–Crippen LogP) is 5.37. The van der Waals surface area contributed by atoms with Crippen LogP contribution in [-0.2, 0) is 0 Å². The molecule has 0 amide bonds. The van der Waals surface area contributed by atoms with Crippen LogP contribution in [0.1, 0.15) is 32.6 Å². The van der Waals surface area contributed by atoms with Crippen molar-refractivity contribution in [2.45, 2.75) is 46.0 Å². The van der Waals surface area contributed by atoms with Crippen LogP contribution in [0.15, 0.2) is 24.5 Å². The topological polar surface area (TPSA) is 71.4 Å². The highest BCUT2D eigenvalue weighted by Gasteiger charge is 2.36. The number of anilines is 1. The Bertz CT molecular complexity index is 1240. The number of hydrogen-bond donors (Lipinski definition) is 2. The van der Waals surface area contributed by atoms with E-state index in [1.807, 2.05) is 31.4 Å². The molecule has 6 nitrogen and oxygen atoms in total. The molecule has 0 saturated carbocycles. The van der Waals surface area contributed by atoms with Gasteiger partial charge in [0.05, 0.1) is 5.52 Å². The lowest BCUT2D eigenvalue weighted by atomic mass is 10.1. The van der Waals surface area contributed by atoms with Gasteiger partial charge in [0, 0.05) is 29.4 Å². The third kappa shape index (κ3) is 3.35. The Labute approximate surface area is 169 Å². The molecule has 0 fully saturated rings. The predicted molar refractivity (Wildman–Crippen MR) is 107 cm³/mol. The summed E-state index contributed by atoms with van der Waals surface area (Å²) < 4.78 is 55.0. The summed E-state index contributed by atoms with van der Waals surface area (Å²) in [5.74, 6) is 0.126. The summed E-state index contributed by atoms with van der Waals surface area (Å²) in [6.07, 6.45) is -1.35. The van der Waals surface area contributed by atoms with Crippen molar-refractivity contribution in [1.82, 2.24) is 24.5 Å².